The molecule has 0 amide bonds. The molecule has 0 aliphatic heterocycles. The quantitative estimate of drug-likeness (QED) is 0.527. The van der Waals surface area contributed by atoms with Crippen LogP contribution in [0.15, 0.2) is 52.9 Å². The van der Waals surface area contributed by atoms with Gasteiger partial charge in [-0.1, -0.05) is 29.5 Å². The van der Waals surface area contributed by atoms with Gasteiger partial charge in [-0.25, -0.2) is 13.4 Å². The first kappa shape index (κ1) is 17.2. The SMILES string of the molecule is CC(C)n1cc(S(=O)(=O)Nc2nc3ccccc3s2)c(-c2cccs2)n1. The first-order valence-corrected chi connectivity index (χ1v) is 11.1. The minimum absolute atomic E-state index is 0.0557. The van der Waals surface area contributed by atoms with Crippen molar-refractivity contribution in [2.75, 3.05) is 4.72 Å². The average Bonchev–Trinajstić information content (AvgIpc) is 3.32. The second-order valence-corrected chi connectivity index (χ2v) is 9.61. The van der Waals surface area contributed by atoms with Crippen molar-refractivity contribution in [1.29, 1.82) is 0 Å². The van der Waals surface area contributed by atoms with Gasteiger partial charge in [0.1, 0.15) is 10.6 Å². The number of hydrogen-bond donors (Lipinski definition) is 1. The van der Waals surface area contributed by atoms with Crippen LogP contribution in [0.3, 0.4) is 0 Å². The monoisotopic (exact) mass is 404 g/mol. The molecule has 0 saturated heterocycles. The van der Waals surface area contributed by atoms with Crippen molar-refractivity contribution in [3.8, 4) is 10.6 Å². The number of rotatable bonds is 5. The zero-order valence-corrected chi connectivity index (χ0v) is 16.5. The van der Waals surface area contributed by atoms with Crippen molar-refractivity contribution in [3.05, 3.63) is 48.0 Å². The number of hydrogen-bond acceptors (Lipinski definition) is 6. The molecule has 0 aliphatic rings. The van der Waals surface area contributed by atoms with Crippen molar-refractivity contribution in [2.24, 2.45) is 0 Å². The Morgan fingerprint density at radius 2 is 1.96 bits per heavy atom. The molecule has 3 heterocycles. The summed E-state index contributed by atoms with van der Waals surface area (Å²) < 4.78 is 31.3. The van der Waals surface area contributed by atoms with E-state index in [1.54, 1.807) is 10.9 Å². The normalized spacial score (nSPS) is 12.1. The number of sulfonamides is 1. The van der Waals surface area contributed by atoms with Crippen molar-refractivity contribution in [3.63, 3.8) is 0 Å². The van der Waals surface area contributed by atoms with Crippen LogP contribution in [0.1, 0.15) is 19.9 Å². The van der Waals surface area contributed by atoms with Crippen LogP contribution in [0.2, 0.25) is 0 Å². The van der Waals surface area contributed by atoms with E-state index in [4.69, 9.17) is 0 Å². The van der Waals surface area contributed by atoms with E-state index in [0.29, 0.717) is 10.8 Å². The second kappa shape index (κ2) is 6.49. The summed E-state index contributed by atoms with van der Waals surface area (Å²) in [5.41, 5.74) is 1.23. The van der Waals surface area contributed by atoms with Gasteiger partial charge in [-0.3, -0.25) is 9.40 Å². The maximum Gasteiger partial charge on any atom is 0.267 e. The smallest absolute Gasteiger partial charge is 0.267 e. The predicted octanol–water partition coefficient (Wildman–Crippen LogP) is 4.60. The fourth-order valence-corrected chi connectivity index (χ4v) is 5.54. The van der Waals surface area contributed by atoms with E-state index < -0.39 is 10.0 Å². The number of para-hydroxylation sites is 1. The first-order valence-electron chi connectivity index (χ1n) is 7.95. The highest BCUT2D eigenvalue weighted by molar-refractivity contribution is 7.93. The van der Waals surface area contributed by atoms with Crippen LogP contribution < -0.4 is 4.72 Å². The third-order valence-corrected chi connectivity index (χ3v) is 7.08. The Bertz CT molecular complexity index is 1130. The van der Waals surface area contributed by atoms with Gasteiger partial charge in [0.2, 0.25) is 0 Å². The van der Waals surface area contributed by atoms with Gasteiger partial charge in [-0.2, -0.15) is 5.10 Å². The Morgan fingerprint density at radius 1 is 1.15 bits per heavy atom. The van der Waals surface area contributed by atoms with Crippen molar-refractivity contribution in [2.45, 2.75) is 24.8 Å². The molecular formula is C17H16N4O2S3. The molecule has 134 valence electrons. The molecule has 0 aliphatic carbocycles. The molecule has 1 aromatic carbocycles. The van der Waals surface area contributed by atoms with Crippen LogP contribution >= 0.6 is 22.7 Å². The summed E-state index contributed by atoms with van der Waals surface area (Å²) in [5, 5.41) is 6.75. The third kappa shape index (κ3) is 3.13. The van der Waals surface area contributed by atoms with E-state index in [-0.39, 0.29) is 10.9 Å². The van der Waals surface area contributed by atoms with Crippen LogP contribution in [-0.4, -0.2) is 23.2 Å². The number of thiazole rings is 1. The van der Waals surface area contributed by atoms with Gasteiger partial charge >= 0.3 is 0 Å². The molecule has 9 heteroatoms. The van der Waals surface area contributed by atoms with Gasteiger partial charge in [-0.05, 0) is 37.4 Å². The summed E-state index contributed by atoms with van der Waals surface area (Å²) in [6.07, 6.45) is 1.58. The topological polar surface area (TPSA) is 76.9 Å². The Kier molecular flexibility index (Phi) is 4.29. The number of anilines is 1. The van der Waals surface area contributed by atoms with Gasteiger partial charge in [0.05, 0.1) is 15.1 Å². The van der Waals surface area contributed by atoms with E-state index in [9.17, 15) is 8.42 Å². The molecule has 26 heavy (non-hydrogen) atoms. The molecule has 1 N–H and O–H groups in total. The summed E-state index contributed by atoms with van der Waals surface area (Å²) >= 11 is 2.77. The van der Waals surface area contributed by atoms with E-state index in [1.165, 1.54) is 22.7 Å². The predicted molar refractivity (Wildman–Crippen MR) is 106 cm³/mol. The number of fused-ring (bicyclic) bond motifs is 1. The van der Waals surface area contributed by atoms with Crippen molar-refractivity contribution in [1.82, 2.24) is 14.8 Å². The van der Waals surface area contributed by atoms with Gasteiger partial charge < -0.3 is 0 Å². The molecule has 0 radical (unpaired) electrons. The molecule has 6 nitrogen and oxygen atoms in total. The molecule has 0 fully saturated rings. The lowest BCUT2D eigenvalue weighted by Gasteiger charge is -2.04. The lowest BCUT2D eigenvalue weighted by molar-refractivity contribution is 0.532. The van der Waals surface area contributed by atoms with Crippen molar-refractivity contribution < 1.29 is 8.42 Å². The average molecular weight is 405 g/mol. The van der Waals surface area contributed by atoms with Gasteiger partial charge in [0.25, 0.3) is 10.0 Å². The fourth-order valence-electron chi connectivity index (χ4n) is 2.51. The van der Waals surface area contributed by atoms with Crippen LogP contribution in [0.5, 0.6) is 0 Å². The van der Waals surface area contributed by atoms with E-state index >= 15 is 0 Å². The van der Waals surface area contributed by atoms with Crippen LogP contribution in [0, 0.1) is 0 Å². The highest BCUT2D eigenvalue weighted by Gasteiger charge is 2.26. The number of aromatic nitrogens is 3. The zero-order chi connectivity index (χ0) is 18.3. The minimum Gasteiger partial charge on any atom is -0.268 e. The number of benzene rings is 1. The molecule has 0 saturated carbocycles. The van der Waals surface area contributed by atoms with E-state index in [1.807, 2.05) is 55.6 Å². The zero-order valence-electron chi connectivity index (χ0n) is 14.1. The highest BCUT2D eigenvalue weighted by Crippen LogP contribution is 2.33. The highest BCUT2D eigenvalue weighted by atomic mass is 32.2. The van der Waals surface area contributed by atoms with Crippen molar-refractivity contribution >= 4 is 48.0 Å². The Morgan fingerprint density at radius 3 is 2.65 bits per heavy atom. The molecule has 4 rings (SSSR count). The van der Waals surface area contributed by atoms with E-state index in [0.717, 1.165) is 15.1 Å². The molecule has 4 aromatic rings. The summed E-state index contributed by atoms with van der Waals surface area (Å²) in [7, 11) is -3.81. The van der Waals surface area contributed by atoms with Gasteiger partial charge in [-0.15, -0.1) is 11.3 Å². The summed E-state index contributed by atoms with van der Waals surface area (Å²) in [6.45, 7) is 3.92. The number of nitrogens with one attached hydrogen (secondary N) is 1. The van der Waals surface area contributed by atoms with Crippen LogP contribution in [-0.2, 0) is 10.0 Å². The summed E-state index contributed by atoms with van der Waals surface area (Å²) in [6, 6.07) is 11.4. The lowest BCUT2D eigenvalue weighted by Crippen LogP contribution is -2.13. The molecule has 3 aromatic heterocycles. The second-order valence-electron chi connectivity index (χ2n) is 5.99. The molecule has 0 unspecified atom stereocenters. The minimum atomic E-state index is -3.81. The lowest BCUT2D eigenvalue weighted by atomic mass is 10.3. The van der Waals surface area contributed by atoms with Gasteiger partial charge in [0, 0.05) is 12.2 Å². The molecule has 0 atom stereocenters. The molecular weight excluding hydrogens is 388 g/mol. The standard InChI is InChI=1S/C17H16N4O2S3/c1-11(2)21-10-15(16(19-21)14-8-5-9-24-14)26(22,23)20-17-18-12-6-3-4-7-13(12)25-17/h3-11H,1-2H3,(H,18,20). The fraction of sp³-hybridized carbons (Fsp3) is 0.176. The van der Waals surface area contributed by atoms with Crippen LogP contribution in [0.4, 0.5) is 5.13 Å². The maximum absolute atomic E-state index is 13.0. The van der Waals surface area contributed by atoms with Gasteiger partial charge in [0.15, 0.2) is 5.13 Å². The largest absolute Gasteiger partial charge is 0.268 e. The van der Waals surface area contributed by atoms with Crippen LogP contribution in [0.25, 0.3) is 20.8 Å². The Balaban J connectivity index is 1.77. The summed E-state index contributed by atoms with van der Waals surface area (Å²) in [5.74, 6) is 0. The first-order chi connectivity index (χ1) is 12.4. The van der Waals surface area contributed by atoms with E-state index in [2.05, 4.69) is 14.8 Å². The number of thiophene rings is 1. The maximum atomic E-state index is 13.0. The Labute approximate surface area is 159 Å². The Hall–Kier alpha value is -2.23. The third-order valence-electron chi connectivity index (χ3n) is 3.79. The molecule has 0 bridgehead atoms. The number of nitrogens with zero attached hydrogens (tertiary/aromatic N) is 3. The molecule has 0 spiro atoms. The summed E-state index contributed by atoms with van der Waals surface area (Å²) in [4.78, 5) is 5.34.